The van der Waals surface area contributed by atoms with Crippen LogP contribution in [-0.2, 0) is 9.53 Å². The minimum absolute atomic E-state index is 0. The van der Waals surface area contributed by atoms with Crippen molar-refractivity contribution in [3.63, 3.8) is 0 Å². The van der Waals surface area contributed by atoms with Gasteiger partial charge in [0.25, 0.3) is 0 Å². The molecule has 0 fully saturated rings. The first-order valence-corrected chi connectivity index (χ1v) is 7.80. The molecule has 0 aliphatic carbocycles. The molecule has 0 amide bonds. The first-order chi connectivity index (χ1) is 9.60. The van der Waals surface area contributed by atoms with E-state index in [1.54, 1.807) is 0 Å². The highest BCUT2D eigenvalue weighted by molar-refractivity contribution is 14.0. The van der Waals surface area contributed by atoms with Gasteiger partial charge in [0.15, 0.2) is 5.96 Å². The van der Waals surface area contributed by atoms with E-state index >= 15 is 0 Å². The standard InChI is InChI=1S/C15H31N3O2.HI/c1-5-16-15(18-13(3)4)17-12-10-8-7-9-11-14(19)20-6-2;/h13H,5-12H2,1-4H3,(H2,16,17,18);1H. The third-order valence-corrected chi connectivity index (χ3v) is 2.63. The maximum absolute atomic E-state index is 11.1. The van der Waals surface area contributed by atoms with Gasteiger partial charge in [0.1, 0.15) is 0 Å². The highest BCUT2D eigenvalue weighted by atomic mass is 127. The number of halogens is 1. The largest absolute Gasteiger partial charge is 0.466 e. The molecule has 6 heteroatoms. The van der Waals surface area contributed by atoms with Crippen molar-refractivity contribution in [1.82, 2.24) is 10.6 Å². The van der Waals surface area contributed by atoms with Gasteiger partial charge in [-0.1, -0.05) is 12.8 Å². The fourth-order valence-electron chi connectivity index (χ4n) is 1.75. The summed E-state index contributed by atoms with van der Waals surface area (Å²) >= 11 is 0. The van der Waals surface area contributed by atoms with Crippen LogP contribution in [0.15, 0.2) is 4.99 Å². The van der Waals surface area contributed by atoms with Crippen LogP contribution in [0.5, 0.6) is 0 Å². The first kappa shape index (κ1) is 22.7. The molecule has 0 aromatic heterocycles. The first-order valence-electron chi connectivity index (χ1n) is 7.80. The number of hydrogen-bond acceptors (Lipinski definition) is 3. The van der Waals surface area contributed by atoms with Crippen molar-refractivity contribution >= 4 is 35.9 Å². The Morgan fingerprint density at radius 1 is 1.14 bits per heavy atom. The Balaban J connectivity index is 0. The molecule has 0 aromatic rings. The number of esters is 1. The molecule has 126 valence electrons. The van der Waals surface area contributed by atoms with Crippen LogP contribution in [0, 0.1) is 0 Å². The molecule has 0 unspecified atom stereocenters. The quantitative estimate of drug-likeness (QED) is 0.190. The van der Waals surface area contributed by atoms with E-state index in [-0.39, 0.29) is 29.9 Å². The summed E-state index contributed by atoms with van der Waals surface area (Å²) in [4.78, 5) is 15.7. The van der Waals surface area contributed by atoms with Crippen molar-refractivity contribution in [2.75, 3.05) is 19.7 Å². The summed E-state index contributed by atoms with van der Waals surface area (Å²) in [5, 5.41) is 6.51. The predicted molar refractivity (Wildman–Crippen MR) is 99.4 cm³/mol. The molecular formula is C15H32IN3O2. The molecule has 0 atom stereocenters. The molecule has 0 spiro atoms. The van der Waals surface area contributed by atoms with Crippen LogP contribution in [-0.4, -0.2) is 37.7 Å². The second kappa shape index (κ2) is 15.9. The van der Waals surface area contributed by atoms with Crippen LogP contribution < -0.4 is 10.6 Å². The van der Waals surface area contributed by atoms with Gasteiger partial charge in [0.05, 0.1) is 6.61 Å². The van der Waals surface area contributed by atoms with E-state index in [0.717, 1.165) is 44.7 Å². The summed E-state index contributed by atoms with van der Waals surface area (Å²) < 4.78 is 4.89. The molecule has 0 saturated heterocycles. The Bertz CT molecular complexity index is 284. The number of carbonyl (C=O) groups excluding carboxylic acids is 1. The molecule has 0 radical (unpaired) electrons. The highest BCUT2D eigenvalue weighted by Crippen LogP contribution is 2.04. The van der Waals surface area contributed by atoms with Crippen molar-refractivity contribution in [3.05, 3.63) is 0 Å². The van der Waals surface area contributed by atoms with Crippen LogP contribution >= 0.6 is 24.0 Å². The van der Waals surface area contributed by atoms with Gasteiger partial charge in [-0.05, 0) is 40.5 Å². The average Bonchev–Trinajstić information content (AvgIpc) is 2.37. The van der Waals surface area contributed by atoms with Crippen LogP contribution in [0.4, 0.5) is 0 Å². The summed E-state index contributed by atoms with van der Waals surface area (Å²) in [5.74, 6) is 0.801. The summed E-state index contributed by atoms with van der Waals surface area (Å²) in [7, 11) is 0. The monoisotopic (exact) mass is 413 g/mol. The maximum Gasteiger partial charge on any atom is 0.305 e. The number of nitrogens with zero attached hydrogens (tertiary/aromatic N) is 1. The molecule has 0 heterocycles. The average molecular weight is 413 g/mol. The Morgan fingerprint density at radius 3 is 2.38 bits per heavy atom. The molecule has 0 rings (SSSR count). The Labute approximate surface area is 146 Å². The number of aliphatic imine (C=N–C) groups is 1. The lowest BCUT2D eigenvalue weighted by Crippen LogP contribution is -2.41. The zero-order valence-corrected chi connectivity index (χ0v) is 16.2. The minimum atomic E-state index is -0.0823. The summed E-state index contributed by atoms with van der Waals surface area (Å²) in [6.07, 6.45) is 4.66. The molecule has 0 bridgehead atoms. The Morgan fingerprint density at radius 2 is 1.81 bits per heavy atom. The van der Waals surface area contributed by atoms with Gasteiger partial charge in [-0.15, -0.1) is 24.0 Å². The molecule has 0 aromatic carbocycles. The van der Waals surface area contributed by atoms with E-state index in [1.165, 1.54) is 0 Å². The SMILES string of the molecule is CCNC(=NCCCCCCC(=O)OCC)NC(C)C.I. The summed E-state index contributed by atoms with van der Waals surface area (Å²) in [6.45, 7) is 10.3. The number of nitrogens with one attached hydrogen (secondary N) is 2. The van der Waals surface area contributed by atoms with E-state index in [2.05, 4.69) is 36.4 Å². The van der Waals surface area contributed by atoms with Gasteiger partial charge in [0.2, 0.25) is 0 Å². The van der Waals surface area contributed by atoms with Crippen molar-refractivity contribution in [2.24, 2.45) is 4.99 Å². The molecule has 0 aliphatic heterocycles. The number of hydrogen-bond donors (Lipinski definition) is 2. The summed E-state index contributed by atoms with van der Waals surface area (Å²) in [5.41, 5.74) is 0. The zero-order chi connectivity index (χ0) is 15.2. The van der Waals surface area contributed by atoms with Crippen LogP contribution in [0.1, 0.15) is 59.8 Å². The van der Waals surface area contributed by atoms with Gasteiger partial charge in [-0.2, -0.15) is 0 Å². The number of unbranched alkanes of at least 4 members (excludes halogenated alkanes) is 3. The van der Waals surface area contributed by atoms with Crippen molar-refractivity contribution < 1.29 is 9.53 Å². The predicted octanol–water partition coefficient (Wildman–Crippen LogP) is 3.08. The van der Waals surface area contributed by atoms with E-state index < -0.39 is 0 Å². The van der Waals surface area contributed by atoms with Gasteiger partial charge >= 0.3 is 5.97 Å². The third kappa shape index (κ3) is 15.7. The summed E-state index contributed by atoms with van der Waals surface area (Å²) in [6, 6.07) is 0.386. The number of carbonyl (C=O) groups is 1. The smallest absolute Gasteiger partial charge is 0.305 e. The van der Waals surface area contributed by atoms with Crippen LogP contribution in [0.25, 0.3) is 0 Å². The highest BCUT2D eigenvalue weighted by Gasteiger charge is 2.01. The number of rotatable bonds is 10. The second-order valence-electron chi connectivity index (χ2n) is 5.03. The van der Waals surface area contributed by atoms with E-state index in [0.29, 0.717) is 19.1 Å². The van der Waals surface area contributed by atoms with E-state index in [9.17, 15) is 4.79 Å². The van der Waals surface area contributed by atoms with Crippen molar-refractivity contribution in [2.45, 2.75) is 65.8 Å². The van der Waals surface area contributed by atoms with Crippen LogP contribution in [0.2, 0.25) is 0 Å². The fraction of sp³-hybridized carbons (Fsp3) is 0.867. The zero-order valence-electron chi connectivity index (χ0n) is 13.9. The molecule has 0 saturated carbocycles. The molecular weight excluding hydrogens is 381 g/mol. The lowest BCUT2D eigenvalue weighted by molar-refractivity contribution is -0.143. The van der Waals surface area contributed by atoms with Crippen LogP contribution in [0.3, 0.4) is 0 Å². The number of ether oxygens (including phenoxy) is 1. The van der Waals surface area contributed by atoms with Crippen molar-refractivity contribution in [1.29, 1.82) is 0 Å². The lowest BCUT2D eigenvalue weighted by atomic mass is 10.1. The topological polar surface area (TPSA) is 62.7 Å². The van der Waals surface area contributed by atoms with E-state index in [1.807, 2.05) is 6.92 Å². The van der Waals surface area contributed by atoms with E-state index in [4.69, 9.17) is 4.74 Å². The maximum atomic E-state index is 11.1. The Kier molecular flexibility index (Phi) is 17.2. The second-order valence-corrected chi connectivity index (χ2v) is 5.03. The van der Waals surface area contributed by atoms with Gasteiger partial charge < -0.3 is 15.4 Å². The molecule has 0 aliphatic rings. The van der Waals surface area contributed by atoms with Gasteiger partial charge in [-0.25, -0.2) is 0 Å². The van der Waals surface area contributed by atoms with Gasteiger partial charge in [0, 0.05) is 25.6 Å². The fourth-order valence-corrected chi connectivity index (χ4v) is 1.75. The van der Waals surface area contributed by atoms with Gasteiger partial charge in [-0.3, -0.25) is 9.79 Å². The third-order valence-electron chi connectivity index (χ3n) is 2.63. The van der Waals surface area contributed by atoms with Crippen molar-refractivity contribution in [3.8, 4) is 0 Å². The number of guanidine groups is 1. The molecule has 21 heavy (non-hydrogen) atoms. The molecule has 5 nitrogen and oxygen atoms in total. The molecule has 2 N–H and O–H groups in total. The normalized spacial score (nSPS) is 11.0. The minimum Gasteiger partial charge on any atom is -0.466 e. The lowest BCUT2D eigenvalue weighted by Gasteiger charge is -2.13. The Hall–Kier alpha value is -0.530.